The van der Waals surface area contributed by atoms with E-state index >= 15 is 0 Å². The van der Waals surface area contributed by atoms with Crippen LogP contribution in [0.5, 0.6) is 0 Å². The van der Waals surface area contributed by atoms with E-state index in [0.717, 1.165) is 31.7 Å². The van der Waals surface area contributed by atoms with Crippen molar-refractivity contribution in [1.29, 1.82) is 0 Å². The normalized spacial score (nSPS) is 25.7. The van der Waals surface area contributed by atoms with E-state index in [9.17, 15) is 13.9 Å². The predicted molar refractivity (Wildman–Crippen MR) is 79.4 cm³/mol. The molecule has 0 amide bonds. The fourth-order valence-electron chi connectivity index (χ4n) is 3.05. The highest BCUT2D eigenvalue weighted by molar-refractivity contribution is 5.49. The fourth-order valence-corrected chi connectivity index (χ4v) is 3.05. The van der Waals surface area contributed by atoms with Crippen LogP contribution in [0.1, 0.15) is 39.5 Å². The summed E-state index contributed by atoms with van der Waals surface area (Å²) < 4.78 is 27.5. The molecule has 6 heteroatoms. The highest BCUT2D eigenvalue weighted by Gasteiger charge is 2.35. The van der Waals surface area contributed by atoms with Gasteiger partial charge in [0.25, 0.3) is 0 Å². The van der Waals surface area contributed by atoms with Crippen molar-refractivity contribution in [2.45, 2.75) is 45.1 Å². The summed E-state index contributed by atoms with van der Waals surface area (Å²) >= 11 is 0. The van der Waals surface area contributed by atoms with Gasteiger partial charge in [-0.3, -0.25) is 0 Å². The SMILES string of the molecule is CCNc1nc(NC2(CO)CCCC(C)C2)c(F)cc1F. The number of halogens is 2. The third-order valence-electron chi connectivity index (χ3n) is 4.05. The van der Waals surface area contributed by atoms with Crippen LogP contribution >= 0.6 is 0 Å². The lowest BCUT2D eigenvalue weighted by Crippen LogP contribution is -2.46. The standard InChI is InChI=1S/C15H23F2N3O/c1-3-18-13-11(16)7-12(17)14(19-13)20-15(9-21)6-4-5-10(2)8-15/h7,10,21H,3-6,8-9H2,1-2H3,(H2,18,19,20). The Hall–Kier alpha value is -1.43. The summed E-state index contributed by atoms with van der Waals surface area (Å²) in [5, 5.41) is 15.5. The van der Waals surface area contributed by atoms with Gasteiger partial charge in [-0.15, -0.1) is 0 Å². The summed E-state index contributed by atoms with van der Waals surface area (Å²) in [6.45, 7) is 4.34. The van der Waals surface area contributed by atoms with Crippen LogP contribution in [0.25, 0.3) is 0 Å². The van der Waals surface area contributed by atoms with Crippen molar-refractivity contribution in [3.63, 3.8) is 0 Å². The molecule has 4 nitrogen and oxygen atoms in total. The molecule has 1 fully saturated rings. The van der Waals surface area contributed by atoms with Gasteiger partial charge in [0.1, 0.15) is 0 Å². The van der Waals surface area contributed by atoms with Crippen molar-refractivity contribution in [2.24, 2.45) is 5.92 Å². The summed E-state index contributed by atoms with van der Waals surface area (Å²) in [4.78, 5) is 3.99. The number of pyridine rings is 1. The number of rotatable bonds is 5. The average Bonchev–Trinajstić information content (AvgIpc) is 2.44. The van der Waals surface area contributed by atoms with Gasteiger partial charge in [-0.2, -0.15) is 0 Å². The summed E-state index contributed by atoms with van der Waals surface area (Å²) in [5.41, 5.74) is -0.577. The van der Waals surface area contributed by atoms with E-state index in [1.165, 1.54) is 0 Å². The zero-order chi connectivity index (χ0) is 15.5. The number of nitrogens with zero attached hydrogens (tertiary/aromatic N) is 1. The van der Waals surface area contributed by atoms with Gasteiger partial charge in [-0.1, -0.05) is 19.8 Å². The van der Waals surface area contributed by atoms with Crippen LogP contribution in [0.4, 0.5) is 20.4 Å². The number of aliphatic hydroxyl groups is 1. The molecule has 1 aromatic heterocycles. The molecular weight excluding hydrogens is 276 g/mol. The van der Waals surface area contributed by atoms with Crippen molar-refractivity contribution in [3.05, 3.63) is 17.7 Å². The molecule has 1 aliphatic carbocycles. The van der Waals surface area contributed by atoms with Crippen LogP contribution in [-0.4, -0.2) is 28.8 Å². The second-order valence-electron chi connectivity index (χ2n) is 5.94. The van der Waals surface area contributed by atoms with E-state index in [1.807, 2.05) is 6.92 Å². The first-order chi connectivity index (χ1) is 9.99. The van der Waals surface area contributed by atoms with Crippen LogP contribution in [0.2, 0.25) is 0 Å². The largest absolute Gasteiger partial charge is 0.394 e. The number of anilines is 2. The summed E-state index contributed by atoms with van der Waals surface area (Å²) in [6, 6.07) is 0.824. The average molecular weight is 299 g/mol. The van der Waals surface area contributed by atoms with Gasteiger partial charge in [-0.05, 0) is 25.7 Å². The van der Waals surface area contributed by atoms with Crippen LogP contribution in [-0.2, 0) is 0 Å². The van der Waals surface area contributed by atoms with Crippen molar-refractivity contribution >= 4 is 11.6 Å². The summed E-state index contributed by atoms with van der Waals surface area (Å²) in [6.07, 6.45) is 3.57. The number of hydrogen-bond donors (Lipinski definition) is 3. The lowest BCUT2D eigenvalue weighted by atomic mass is 9.77. The van der Waals surface area contributed by atoms with Crippen molar-refractivity contribution in [3.8, 4) is 0 Å². The molecule has 2 unspecified atom stereocenters. The third kappa shape index (κ3) is 3.61. The molecule has 2 atom stereocenters. The van der Waals surface area contributed by atoms with Crippen LogP contribution < -0.4 is 10.6 Å². The maximum Gasteiger partial charge on any atom is 0.168 e. The first-order valence-corrected chi connectivity index (χ1v) is 7.48. The lowest BCUT2D eigenvalue weighted by molar-refractivity contribution is 0.149. The molecule has 118 valence electrons. The molecule has 0 aliphatic heterocycles. The maximum absolute atomic E-state index is 14.0. The van der Waals surface area contributed by atoms with E-state index < -0.39 is 17.2 Å². The number of hydrogen-bond acceptors (Lipinski definition) is 4. The van der Waals surface area contributed by atoms with Gasteiger partial charge in [0.2, 0.25) is 0 Å². The lowest BCUT2D eigenvalue weighted by Gasteiger charge is -2.39. The molecule has 21 heavy (non-hydrogen) atoms. The smallest absolute Gasteiger partial charge is 0.168 e. The number of aromatic nitrogens is 1. The van der Waals surface area contributed by atoms with E-state index in [-0.39, 0.29) is 18.2 Å². The van der Waals surface area contributed by atoms with E-state index in [0.29, 0.717) is 12.5 Å². The molecule has 1 saturated carbocycles. The third-order valence-corrected chi connectivity index (χ3v) is 4.05. The molecule has 0 bridgehead atoms. The molecule has 0 aromatic carbocycles. The monoisotopic (exact) mass is 299 g/mol. The molecule has 3 N–H and O–H groups in total. The second-order valence-corrected chi connectivity index (χ2v) is 5.94. The highest BCUT2D eigenvalue weighted by atomic mass is 19.1. The minimum Gasteiger partial charge on any atom is -0.394 e. The molecule has 0 spiro atoms. The van der Waals surface area contributed by atoms with Gasteiger partial charge in [0.05, 0.1) is 12.1 Å². The van der Waals surface area contributed by atoms with Gasteiger partial charge < -0.3 is 15.7 Å². The van der Waals surface area contributed by atoms with Crippen LogP contribution in [0.15, 0.2) is 6.07 Å². The Morgan fingerprint density at radius 3 is 2.71 bits per heavy atom. The van der Waals surface area contributed by atoms with Crippen LogP contribution in [0.3, 0.4) is 0 Å². The minimum atomic E-state index is -0.736. The Morgan fingerprint density at radius 2 is 2.10 bits per heavy atom. The minimum absolute atomic E-state index is 0.00417. The van der Waals surface area contributed by atoms with Crippen molar-refractivity contribution < 1.29 is 13.9 Å². The molecule has 0 radical (unpaired) electrons. The zero-order valence-electron chi connectivity index (χ0n) is 12.5. The molecular formula is C15H23F2N3O. The highest BCUT2D eigenvalue weighted by Crippen LogP contribution is 2.35. The van der Waals surface area contributed by atoms with E-state index in [1.54, 1.807) is 0 Å². The van der Waals surface area contributed by atoms with Gasteiger partial charge in [0, 0.05) is 12.6 Å². The molecule has 0 saturated heterocycles. The Morgan fingerprint density at radius 1 is 1.38 bits per heavy atom. The topological polar surface area (TPSA) is 57.2 Å². The predicted octanol–water partition coefficient (Wildman–Crippen LogP) is 3.14. The summed E-state index contributed by atoms with van der Waals surface area (Å²) in [5.74, 6) is -0.973. The number of nitrogens with one attached hydrogen (secondary N) is 2. The van der Waals surface area contributed by atoms with E-state index in [4.69, 9.17) is 0 Å². The first kappa shape index (κ1) is 15.9. The van der Waals surface area contributed by atoms with Gasteiger partial charge >= 0.3 is 0 Å². The molecule has 2 rings (SSSR count). The molecule has 1 aromatic rings. The number of aliphatic hydroxyl groups excluding tert-OH is 1. The van der Waals surface area contributed by atoms with Crippen LogP contribution in [0, 0.1) is 17.6 Å². The molecule has 1 heterocycles. The fraction of sp³-hybridized carbons (Fsp3) is 0.667. The van der Waals surface area contributed by atoms with E-state index in [2.05, 4.69) is 22.5 Å². The zero-order valence-corrected chi connectivity index (χ0v) is 12.5. The Kier molecular flexibility index (Phi) is 4.98. The van der Waals surface area contributed by atoms with Gasteiger partial charge in [0.15, 0.2) is 23.3 Å². The maximum atomic E-state index is 14.0. The Bertz CT molecular complexity index is 498. The Balaban J connectivity index is 2.26. The van der Waals surface area contributed by atoms with Crippen molar-refractivity contribution in [2.75, 3.05) is 23.8 Å². The second kappa shape index (κ2) is 6.56. The van der Waals surface area contributed by atoms with Gasteiger partial charge in [-0.25, -0.2) is 13.8 Å². The quantitative estimate of drug-likeness (QED) is 0.782. The summed E-state index contributed by atoms with van der Waals surface area (Å²) in [7, 11) is 0. The first-order valence-electron chi connectivity index (χ1n) is 7.48. The Labute approximate surface area is 124 Å². The van der Waals surface area contributed by atoms with Crippen molar-refractivity contribution in [1.82, 2.24) is 4.98 Å². The molecule has 1 aliphatic rings.